The molecule has 2 amide bonds. The number of hydrogen-bond donors (Lipinski definition) is 1. The van der Waals surface area contributed by atoms with Crippen molar-refractivity contribution in [3.8, 4) is 6.07 Å². The molecule has 34 heavy (non-hydrogen) atoms. The number of anilines is 2. The summed E-state index contributed by atoms with van der Waals surface area (Å²) in [4.78, 5) is 27.9. The second-order valence-electron chi connectivity index (χ2n) is 7.64. The van der Waals surface area contributed by atoms with Gasteiger partial charge in [0.2, 0.25) is 5.91 Å². The van der Waals surface area contributed by atoms with Gasteiger partial charge in [-0.3, -0.25) is 14.5 Å². The molecule has 1 aliphatic heterocycles. The van der Waals surface area contributed by atoms with Crippen molar-refractivity contribution >= 4 is 46.6 Å². The highest BCUT2D eigenvalue weighted by molar-refractivity contribution is 8.05. The smallest absolute Gasteiger partial charge is 0.269 e. The summed E-state index contributed by atoms with van der Waals surface area (Å²) in [6, 6.07) is 21.6. The molecule has 5 nitrogen and oxygen atoms in total. The van der Waals surface area contributed by atoms with Crippen LogP contribution in [0.3, 0.4) is 0 Å². The first kappa shape index (κ1) is 23.6. The standard InChI is InChI=1S/C26H19ClFN3O2S/c1-16-4-2-3-5-17(16)14-23-25(33)31(21-12-6-18(27)7-13-21)26(34-23)22(15-29)24(32)30-20-10-8-19(28)9-11-20/h2-13,23H,14H2,1H3,(H,30,32). The van der Waals surface area contributed by atoms with Gasteiger partial charge in [0.05, 0.1) is 5.25 Å². The molecular weight excluding hydrogens is 473 g/mol. The first-order valence-electron chi connectivity index (χ1n) is 10.4. The molecular formula is C26H19ClFN3O2S. The Kier molecular flexibility index (Phi) is 7.01. The average Bonchev–Trinajstić information content (AvgIpc) is 3.13. The molecule has 1 aliphatic rings. The van der Waals surface area contributed by atoms with E-state index in [9.17, 15) is 19.2 Å². The first-order chi connectivity index (χ1) is 16.4. The molecule has 3 aromatic carbocycles. The van der Waals surface area contributed by atoms with Crippen LogP contribution in [0.5, 0.6) is 0 Å². The van der Waals surface area contributed by atoms with Crippen LogP contribution in [0.15, 0.2) is 83.4 Å². The lowest BCUT2D eigenvalue weighted by Gasteiger charge is -2.19. The topological polar surface area (TPSA) is 73.2 Å². The second kappa shape index (κ2) is 10.1. The Balaban J connectivity index is 1.73. The first-order valence-corrected chi connectivity index (χ1v) is 11.6. The Bertz CT molecular complexity index is 1320. The van der Waals surface area contributed by atoms with Gasteiger partial charge < -0.3 is 5.32 Å². The van der Waals surface area contributed by atoms with Gasteiger partial charge in [-0.1, -0.05) is 47.6 Å². The number of aryl methyl sites for hydroxylation is 1. The minimum atomic E-state index is -0.681. The van der Waals surface area contributed by atoms with Crippen LogP contribution in [0.2, 0.25) is 5.02 Å². The lowest BCUT2D eigenvalue weighted by Crippen LogP contribution is -2.31. The van der Waals surface area contributed by atoms with Crippen molar-refractivity contribution in [1.82, 2.24) is 0 Å². The summed E-state index contributed by atoms with van der Waals surface area (Å²) >= 11 is 7.21. The van der Waals surface area contributed by atoms with E-state index in [4.69, 9.17) is 11.6 Å². The van der Waals surface area contributed by atoms with Gasteiger partial charge in [-0.25, -0.2) is 4.39 Å². The fraction of sp³-hybridized carbons (Fsp3) is 0.115. The van der Waals surface area contributed by atoms with E-state index in [1.54, 1.807) is 24.3 Å². The number of nitriles is 1. The number of halogens is 2. The maximum atomic E-state index is 13.5. The summed E-state index contributed by atoms with van der Waals surface area (Å²) in [6.45, 7) is 1.98. The van der Waals surface area contributed by atoms with E-state index < -0.39 is 17.0 Å². The average molecular weight is 492 g/mol. The third-order valence-corrected chi connectivity index (χ3v) is 6.87. The highest BCUT2D eigenvalue weighted by atomic mass is 35.5. The summed E-state index contributed by atoms with van der Waals surface area (Å²) in [5, 5.41) is 12.7. The van der Waals surface area contributed by atoms with E-state index >= 15 is 0 Å². The van der Waals surface area contributed by atoms with E-state index in [-0.39, 0.29) is 16.5 Å². The Morgan fingerprint density at radius 2 is 1.79 bits per heavy atom. The predicted octanol–water partition coefficient (Wildman–Crippen LogP) is 5.85. The number of carbonyl (C=O) groups is 2. The largest absolute Gasteiger partial charge is 0.321 e. The number of benzene rings is 3. The van der Waals surface area contributed by atoms with Crippen molar-refractivity contribution in [2.24, 2.45) is 0 Å². The quantitative estimate of drug-likeness (QED) is 0.359. The summed E-state index contributed by atoms with van der Waals surface area (Å²) in [7, 11) is 0. The molecule has 0 spiro atoms. The Morgan fingerprint density at radius 1 is 1.12 bits per heavy atom. The van der Waals surface area contributed by atoms with E-state index in [0.29, 0.717) is 22.8 Å². The number of hydrogen-bond acceptors (Lipinski definition) is 4. The maximum Gasteiger partial charge on any atom is 0.269 e. The second-order valence-corrected chi connectivity index (χ2v) is 9.27. The van der Waals surface area contributed by atoms with E-state index in [0.717, 1.165) is 11.1 Å². The van der Waals surface area contributed by atoms with Crippen LogP contribution < -0.4 is 10.2 Å². The molecule has 1 unspecified atom stereocenters. The monoisotopic (exact) mass is 491 g/mol. The number of nitrogens with one attached hydrogen (secondary N) is 1. The lowest BCUT2D eigenvalue weighted by atomic mass is 10.0. The van der Waals surface area contributed by atoms with Crippen molar-refractivity contribution in [3.63, 3.8) is 0 Å². The lowest BCUT2D eigenvalue weighted by molar-refractivity contribution is -0.117. The SMILES string of the molecule is Cc1ccccc1CC1SC(=C(C#N)C(=O)Nc2ccc(F)cc2)N(c2ccc(Cl)cc2)C1=O. The van der Waals surface area contributed by atoms with Gasteiger partial charge in [-0.05, 0) is 73.0 Å². The summed E-state index contributed by atoms with van der Waals surface area (Å²) in [5.41, 5.74) is 2.71. The van der Waals surface area contributed by atoms with Crippen LogP contribution in [0.1, 0.15) is 11.1 Å². The molecule has 0 aromatic heterocycles. The predicted molar refractivity (Wildman–Crippen MR) is 133 cm³/mol. The van der Waals surface area contributed by atoms with Crippen molar-refractivity contribution in [3.05, 3.63) is 105 Å². The molecule has 1 fully saturated rings. The van der Waals surface area contributed by atoms with Gasteiger partial charge in [0, 0.05) is 16.4 Å². The highest BCUT2D eigenvalue weighted by Crippen LogP contribution is 2.42. The van der Waals surface area contributed by atoms with Crippen molar-refractivity contribution in [2.75, 3.05) is 10.2 Å². The van der Waals surface area contributed by atoms with Gasteiger partial charge >= 0.3 is 0 Å². The third kappa shape index (κ3) is 4.98. The molecule has 170 valence electrons. The van der Waals surface area contributed by atoms with E-state index in [1.807, 2.05) is 37.3 Å². The number of thioether (sulfide) groups is 1. The maximum absolute atomic E-state index is 13.5. The van der Waals surface area contributed by atoms with Crippen LogP contribution in [0.25, 0.3) is 0 Å². The zero-order valence-electron chi connectivity index (χ0n) is 18.1. The normalized spacial score (nSPS) is 16.8. The van der Waals surface area contributed by atoms with Crippen LogP contribution in [-0.2, 0) is 16.0 Å². The molecule has 0 radical (unpaired) electrons. The fourth-order valence-electron chi connectivity index (χ4n) is 3.58. The Labute approximate surface area is 205 Å². The number of carbonyl (C=O) groups excluding carboxylic acids is 2. The van der Waals surface area contributed by atoms with Crippen molar-refractivity contribution in [2.45, 2.75) is 18.6 Å². The van der Waals surface area contributed by atoms with Gasteiger partial charge in [0.25, 0.3) is 5.91 Å². The highest BCUT2D eigenvalue weighted by Gasteiger charge is 2.41. The number of nitrogens with zero attached hydrogens (tertiary/aromatic N) is 2. The number of amides is 2. The van der Waals surface area contributed by atoms with Crippen LogP contribution in [0, 0.1) is 24.1 Å². The van der Waals surface area contributed by atoms with Crippen molar-refractivity contribution < 1.29 is 14.0 Å². The molecule has 3 aromatic rings. The molecule has 8 heteroatoms. The third-order valence-electron chi connectivity index (χ3n) is 5.36. The van der Waals surface area contributed by atoms with E-state index in [2.05, 4.69) is 5.32 Å². The molecule has 0 aliphatic carbocycles. The molecule has 1 N–H and O–H groups in total. The van der Waals surface area contributed by atoms with Gasteiger partial charge in [-0.15, -0.1) is 0 Å². The van der Waals surface area contributed by atoms with Gasteiger partial charge in [0.1, 0.15) is 22.5 Å². The molecule has 1 atom stereocenters. The summed E-state index contributed by atoms with van der Waals surface area (Å²) in [6.07, 6.45) is 0.446. The van der Waals surface area contributed by atoms with Gasteiger partial charge in [0.15, 0.2) is 0 Å². The fourth-order valence-corrected chi connectivity index (χ4v) is 5.00. The molecule has 1 heterocycles. The Morgan fingerprint density at radius 3 is 2.44 bits per heavy atom. The minimum Gasteiger partial charge on any atom is -0.321 e. The zero-order valence-corrected chi connectivity index (χ0v) is 19.7. The summed E-state index contributed by atoms with van der Waals surface area (Å²) in [5.74, 6) is -1.35. The number of rotatable bonds is 5. The minimum absolute atomic E-state index is 0.204. The molecule has 1 saturated heterocycles. The van der Waals surface area contributed by atoms with E-state index in [1.165, 1.54) is 40.9 Å². The van der Waals surface area contributed by atoms with Crippen LogP contribution in [0.4, 0.5) is 15.8 Å². The molecule has 0 saturated carbocycles. The van der Waals surface area contributed by atoms with Crippen LogP contribution in [-0.4, -0.2) is 17.1 Å². The van der Waals surface area contributed by atoms with Crippen molar-refractivity contribution in [1.29, 1.82) is 5.26 Å². The molecule has 4 rings (SSSR count). The Hall–Kier alpha value is -3.60. The van der Waals surface area contributed by atoms with Gasteiger partial charge in [-0.2, -0.15) is 5.26 Å². The summed E-state index contributed by atoms with van der Waals surface area (Å²) < 4.78 is 13.2. The van der Waals surface area contributed by atoms with Crippen LogP contribution >= 0.6 is 23.4 Å². The zero-order chi connectivity index (χ0) is 24.2. The molecule has 0 bridgehead atoms.